The van der Waals surface area contributed by atoms with Gasteiger partial charge >= 0.3 is 0 Å². The maximum atomic E-state index is 11.5. The first kappa shape index (κ1) is 12.7. The normalized spacial score (nSPS) is 28.1. The van der Waals surface area contributed by atoms with E-state index in [0.717, 1.165) is 25.7 Å². The third-order valence-electron chi connectivity index (χ3n) is 4.15. The Morgan fingerprint density at radius 1 is 1.53 bits per heavy atom. The fourth-order valence-corrected chi connectivity index (χ4v) is 2.51. The first-order valence-electron chi connectivity index (χ1n) is 6.12. The van der Waals surface area contributed by atoms with Crippen LogP contribution >= 0.6 is 0 Å². The highest BCUT2D eigenvalue weighted by Crippen LogP contribution is 2.37. The fourth-order valence-electron chi connectivity index (χ4n) is 2.51. The second-order valence-corrected chi connectivity index (χ2v) is 5.67. The van der Waals surface area contributed by atoms with Crippen molar-refractivity contribution < 1.29 is 4.79 Å². The monoisotopic (exact) mass is 211 g/mol. The highest BCUT2D eigenvalue weighted by Gasteiger charge is 2.38. The lowest BCUT2D eigenvalue weighted by Crippen LogP contribution is -2.50. The number of hydrogen-bond donors (Lipinski definition) is 0. The molecule has 0 N–H and O–H groups in total. The van der Waals surface area contributed by atoms with Gasteiger partial charge < -0.3 is 0 Å². The van der Waals surface area contributed by atoms with E-state index in [-0.39, 0.29) is 5.41 Å². The summed E-state index contributed by atoms with van der Waals surface area (Å²) in [6.07, 6.45) is 3.71. The zero-order valence-corrected chi connectivity index (χ0v) is 10.8. The number of carbonyl (C=O) groups is 1. The van der Waals surface area contributed by atoms with Crippen molar-refractivity contribution in [2.24, 2.45) is 5.41 Å². The van der Waals surface area contributed by atoms with Gasteiger partial charge in [0.1, 0.15) is 5.78 Å². The first-order chi connectivity index (χ1) is 6.88. The van der Waals surface area contributed by atoms with E-state index in [1.165, 1.54) is 0 Å². The summed E-state index contributed by atoms with van der Waals surface area (Å²) in [6, 6.07) is 0.994. The van der Waals surface area contributed by atoms with Crippen molar-refractivity contribution in [1.82, 2.24) is 4.90 Å². The summed E-state index contributed by atoms with van der Waals surface area (Å²) in [6.45, 7) is 9.04. The molecule has 2 unspecified atom stereocenters. The minimum absolute atomic E-state index is 0.284. The van der Waals surface area contributed by atoms with Gasteiger partial charge in [0.05, 0.1) is 0 Å². The van der Waals surface area contributed by atoms with E-state index in [0.29, 0.717) is 17.9 Å². The Balaban J connectivity index is 2.75. The average molecular weight is 211 g/mol. The molecule has 0 radical (unpaired) electrons. The van der Waals surface area contributed by atoms with Gasteiger partial charge in [-0.3, -0.25) is 9.69 Å². The van der Waals surface area contributed by atoms with Gasteiger partial charge in [-0.2, -0.15) is 0 Å². The molecule has 2 nitrogen and oxygen atoms in total. The van der Waals surface area contributed by atoms with Crippen LogP contribution in [-0.2, 0) is 4.79 Å². The molecule has 15 heavy (non-hydrogen) atoms. The largest absolute Gasteiger partial charge is 0.300 e. The predicted molar refractivity (Wildman–Crippen MR) is 63.9 cm³/mol. The third kappa shape index (κ3) is 2.81. The van der Waals surface area contributed by atoms with Gasteiger partial charge in [-0.25, -0.2) is 0 Å². The summed E-state index contributed by atoms with van der Waals surface area (Å²) in [5.41, 5.74) is 0.284. The van der Waals surface area contributed by atoms with Crippen molar-refractivity contribution in [3.63, 3.8) is 0 Å². The van der Waals surface area contributed by atoms with Gasteiger partial charge in [-0.15, -0.1) is 0 Å². The van der Waals surface area contributed by atoms with Gasteiger partial charge in [0, 0.05) is 24.9 Å². The van der Waals surface area contributed by atoms with E-state index < -0.39 is 0 Å². The molecule has 0 heterocycles. The zero-order chi connectivity index (χ0) is 11.6. The maximum Gasteiger partial charge on any atom is 0.134 e. The Bertz CT molecular complexity index is 235. The van der Waals surface area contributed by atoms with E-state index in [1.54, 1.807) is 0 Å². The molecule has 0 aromatic heterocycles. The summed E-state index contributed by atoms with van der Waals surface area (Å²) < 4.78 is 0. The van der Waals surface area contributed by atoms with Crippen LogP contribution in [-0.4, -0.2) is 29.8 Å². The molecule has 88 valence electrons. The summed E-state index contributed by atoms with van der Waals surface area (Å²) in [4.78, 5) is 13.9. The number of nitrogens with zero attached hydrogens (tertiary/aromatic N) is 1. The van der Waals surface area contributed by atoms with Crippen LogP contribution in [0, 0.1) is 5.41 Å². The second-order valence-electron chi connectivity index (χ2n) is 5.67. The Morgan fingerprint density at radius 3 is 2.67 bits per heavy atom. The van der Waals surface area contributed by atoms with Gasteiger partial charge in [0.25, 0.3) is 0 Å². The molecule has 0 saturated heterocycles. The minimum Gasteiger partial charge on any atom is -0.300 e. The van der Waals surface area contributed by atoms with Crippen molar-refractivity contribution in [3.05, 3.63) is 0 Å². The summed E-state index contributed by atoms with van der Waals surface area (Å²) in [5, 5.41) is 0. The molecule has 0 aromatic rings. The lowest BCUT2D eigenvalue weighted by atomic mass is 9.72. The molecule has 0 aromatic carbocycles. The van der Waals surface area contributed by atoms with E-state index in [1.807, 2.05) is 0 Å². The molecule has 0 bridgehead atoms. The minimum atomic E-state index is 0.284. The molecule has 2 atom stereocenters. The summed E-state index contributed by atoms with van der Waals surface area (Å²) in [7, 11) is 2.17. The van der Waals surface area contributed by atoms with Gasteiger partial charge in [0.2, 0.25) is 0 Å². The quantitative estimate of drug-likeness (QED) is 0.715. The molecule has 0 aliphatic heterocycles. The first-order valence-corrected chi connectivity index (χ1v) is 6.12. The summed E-state index contributed by atoms with van der Waals surface area (Å²) >= 11 is 0. The lowest BCUT2D eigenvalue weighted by Gasteiger charge is -2.45. The lowest BCUT2D eigenvalue weighted by molar-refractivity contribution is -0.125. The molecule has 1 rings (SSSR count). The average Bonchev–Trinajstić information content (AvgIpc) is 2.19. The van der Waals surface area contributed by atoms with E-state index in [2.05, 4.69) is 39.6 Å². The van der Waals surface area contributed by atoms with Crippen LogP contribution in [0.15, 0.2) is 0 Å². The van der Waals surface area contributed by atoms with Crippen molar-refractivity contribution in [3.8, 4) is 0 Å². The number of rotatable bonds is 3. The van der Waals surface area contributed by atoms with Crippen LogP contribution in [0.3, 0.4) is 0 Å². The SMILES string of the molecule is CCC(C)N(C)C1CC(=O)CCC1(C)C. The van der Waals surface area contributed by atoms with Gasteiger partial charge in [-0.1, -0.05) is 20.8 Å². The van der Waals surface area contributed by atoms with Crippen molar-refractivity contribution >= 4 is 5.78 Å². The maximum absolute atomic E-state index is 11.5. The van der Waals surface area contributed by atoms with E-state index >= 15 is 0 Å². The van der Waals surface area contributed by atoms with Crippen LogP contribution < -0.4 is 0 Å². The Kier molecular flexibility index (Phi) is 3.93. The molecule has 0 spiro atoms. The molecule has 1 fully saturated rings. The Morgan fingerprint density at radius 2 is 2.13 bits per heavy atom. The van der Waals surface area contributed by atoms with E-state index in [9.17, 15) is 4.79 Å². The van der Waals surface area contributed by atoms with Crippen LogP contribution in [0.2, 0.25) is 0 Å². The number of hydrogen-bond acceptors (Lipinski definition) is 2. The highest BCUT2D eigenvalue weighted by molar-refractivity contribution is 5.80. The molecular weight excluding hydrogens is 186 g/mol. The topological polar surface area (TPSA) is 20.3 Å². The molecule has 1 aliphatic rings. The van der Waals surface area contributed by atoms with Crippen molar-refractivity contribution in [1.29, 1.82) is 0 Å². The Labute approximate surface area is 94.0 Å². The van der Waals surface area contributed by atoms with E-state index in [4.69, 9.17) is 0 Å². The summed E-state index contributed by atoms with van der Waals surface area (Å²) in [5.74, 6) is 0.439. The van der Waals surface area contributed by atoms with Crippen molar-refractivity contribution in [2.75, 3.05) is 7.05 Å². The molecule has 0 amide bonds. The van der Waals surface area contributed by atoms with Crippen molar-refractivity contribution in [2.45, 2.75) is 65.5 Å². The fraction of sp³-hybridized carbons (Fsp3) is 0.923. The van der Waals surface area contributed by atoms with Crippen LogP contribution in [0.1, 0.15) is 53.4 Å². The predicted octanol–water partition coefficient (Wildman–Crippen LogP) is 2.86. The molecule has 2 heteroatoms. The standard InChI is InChI=1S/C13H25NO/c1-6-10(2)14(5)12-9-11(15)7-8-13(12,3)4/h10,12H,6-9H2,1-5H3. The van der Waals surface area contributed by atoms with Crippen LogP contribution in [0.25, 0.3) is 0 Å². The third-order valence-corrected chi connectivity index (χ3v) is 4.15. The van der Waals surface area contributed by atoms with Crippen LogP contribution in [0.4, 0.5) is 0 Å². The smallest absolute Gasteiger partial charge is 0.134 e. The zero-order valence-electron chi connectivity index (χ0n) is 10.8. The molecule has 1 saturated carbocycles. The Hall–Kier alpha value is -0.370. The van der Waals surface area contributed by atoms with Crippen LogP contribution in [0.5, 0.6) is 0 Å². The van der Waals surface area contributed by atoms with Gasteiger partial charge in [0.15, 0.2) is 0 Å². The van der Waals surface area contributed by atoms with Gasteiger partial charge in [-0.05, 0) is 32.2 Å². The number of Topliss-reactive ketones (excluding diaryl/α,β-unsaturated/α-hetero) is 1. The number of carbonyl (C=O) groups excluding carboxylic acids is 1. The molecular formula is C13H25NO. The second kappa shape index (κ2) is 4.65. The highest BCUT2D eigenvalue weighted by atomic mass is 16.1. The number of ketones is 1. The molecule has 1 aliphatic carbocycles.